The minimum Gasteiger partial charge on any atom is -0.437 e. The van der Waals surface area contributed by atoms with Crippen molar-refractivity contribution >= 4 is 42.3 Å². The van der Waals surface area contributed by atoms with Gasteiger partial charge in [0.05, 0.1) is 0 Å². The fraction of sp³-hybridized carbons (Fsp3) is 0.565. The predicted octanol–water partition coefficient (Wildman–Crippen LogP) is 7.44. The maximum absolute atomic E-state index is 7.33. The summed E-state index contributed by atoms with van der Waals surface area (Å²) < 4.78 is 28.1. The third-order valence-corrected chi connectivity index (χ3v) is 23.5. The molecule has 3 atom stereocenters. The lowest BCUT2D eigenvalue weighted by atomic mass is 10.2. The molecule has 180 valence electrons. The van der Waals surface area contributed by atoms with E-state index >= 15 is 0 Å². The number of rotatable bonds is 11. The van der Waals surface area contributed by atoms with Gasteiger partial charge in [0, 0.05) is 11.1 Å². The Balaban J connectivity index is 2.61. The van der Waals surface area contributed by atoms with Crippen LogP contribution in [0.1, 0.15) is 12.8 Å². The van der Waals surface area contributed by atoms with Crippen LogP contribution in [0.5, 0.6) is 0 Å². The summed E-state index contributed by atoms with van der Waals surface area (Å²) in [7, 11) is -11.7. The molecule has 2 rings (SSSR count). The molecule has 0 N–H and O–H groups in total. The van der Waals surface area contributed by atoms with Crippen LogP contribution in [0.3, 0.4) is 0 Å². The molecule has 2 aliphatic carbocycles. The largest absolute Gasteiger partial charge is 0.437 e. The monoisotopic (exact) mass is 524 g/mol. The van der Waals surface area contributed by atoms with E-state index in [0.29, 0.717) is 0 Å². The van der Waals surface area contributed by atoms with Crippen molar-refractivity contribution in [2.75, 3.05) is 0 Å². The molecule has 0 aliphatic heterocycles. The van der Waals surface area contributed by atoms with E-state index in [1.807, 2.05) is 5.70 Å². The van der Waals surface area contributed by atoms with E-state index in [4.69, 9.17) is 16.5 Å². The van der Waals surface area contributed by atoms with Crippen molar-refractivity contribution in [2.24, 2.45) is 0 Å². The second kappa shape index (κ2) is 10.5. The molecule has 0 radical (unpaired) electrons. The van der Waals surface area contributed by atoms with Crippen LogP contribution >= 0.6 is 0 Å². The van der Waals surface area contributed by atoms with Crippen molar-refractivity contribution < 1.29 is 16.5 Å². The SMILES string of the molecule is C=C[Si](C)(O[Si](C)(C)C)O[Si](O[Si](C)(C)O[Si](C)(C)C)(C1C=CC=CC1)C1C=CC=CC1. The van der Waals surface area contributed by atoms with E-state index < -0.39 is 42.3 Å². The van der Waals surface area contributed by atoms with E-state index in [1.165, 1.54) is 0 Å². The first kappa shape index (κ1) is 27.9. The van der Waals surface area contributed by atoms with Gasteiger partial charge in [-0.1, -0.05) is 54.3 Å². The maximum Gasteiger partial charge on any atom is 0.342 e. The van der Waals surface area contributed by atoms with Crippen LogP contribution in [0.2, 0.25) is 70.0 Å². The second-order valence-corrected chi connectivity index (χ2v) is 31.2. The Bertz CT molecular complexity index is 746. The molecule has 0 fully saturated rings. The fourth-order valence-electron chi connectivity index (χ4n) is 4.53. The Morgan fingerprint density at radius 1 is 0.656 bits per heavy atom. The highest BCUT2D eigenvalue weighted by molar-refractivity contribution is 6.93. The molecule has 0 amide bonds. The third-order valence-electron chi connectivity index (χ3n) is 5.19. The zero-order valence-corrected chi connectivity index (χ0v) is 26.6. The molecule has 32 heavy (non-hydrogen) atoms. The summed E-state index contributed by atoms with van der Waals surface area (Å²) in [6, 6.07) is 0. The van der Waals surface area contributed by atoms with Crippen LogP contribution in [0.4, 0.5) is 0 Å². The summed E-state index contributed by atoms with van der Waals surface area (Å²) in [5, 5.41) is 0. The molecule has 0 aromatic carbocycles. The average Bonchev–Trinajstić information content (AvgIpc) is 2.65. The average molecular weight is 525 g/mol. The summed E-state index contributed by atoms with van der Waals surface area (Å²) >= 11 is 0. The summed E-state index contributed by atoms with van der Waals surface area (Å²) in [6.45, 7) is 24.0. The van der Waals surface area contributed by atoms with Crippen LogP contribution < -0.4 is 0 Å². The maximum atomic E-state index is 7.33. The summed E-state index contributed by atoms with van der Waals surface area (Å²) in [5.74, 6) is 0. The van der Waals surface area contributed by atoms with Crippen molar-refractivity contribution in [3.63, 3.8) is 0 Å². The van der Waals surface area contributed by atoms with Crippen molar-refractivity contribution in [3.05, 3.63) is 60.9 Å². The first-order chi connectivity index (χ1) is 14.6. The van der Waals surface area contributed by atoms with Gasteiger partial charge < -0.3 is 16.5 Å². The highest BCUT2D eigenvalue weighted by atomic mass is 28.5. The molecule has 4 nitrogen and oxygen atoms in total. The van der Waals surface area contributed by atoms with Crippen molar-refractivity contribution in [2.45, 2.75) is 82.8 Å². The van der Waals surface area contributed by atoms with Crippen LogP contribution in [-0.4, -0.2) is 42.3 Å². The van der Waals surface area contributed by atoms with Gasteiger partial charge in [0.1, 0.15) is 0 Å². The highest BCUT2D eigenvalue weighted by Gasteiger charge is 2.58. The molecule has 0 aromatic rings. The van der Waals surface area contributed by atoms with Gasteiger partial charge in [0.15, 0.2) is 16.6 Å². The Morgan fingerprint density at radius 2 is 1.12 bits per heavy atom. The summed E-state index contributed by atoms with van der Waals surface area (Å²) in [5.41, 5.74) is 2.35. The lowest BCUT2D eigenvalue weighted by Crippen LogP contribution is -2.64. The van der Waals surface area contributed by atoms with Crippen molar-refractivity contribution in [3.8, 4) is 0 Å². The minimum atomic E-state index is -2.91. The van der Waals surface area contributed by atoms with Crippen LogP contribution in [0.15, 0.2) is 60.9 Å². The first-order valence-corrected chi connectivity index (χ1v) is 25.7. The van der Waals surface area contributed by atoms with E-state index in [1.54, 1.807) is 0 Å². The fourth-order valence-corrected chi connectivity index (χ4v) is 27.8. The summed E-state index contributed by atoms with van der Waals surface area (Å²) in [4.78, 5) is 0. The Labute approximate surface area is 202 Å². The second-order valence-electron chi connectivity index (χ2n) is 11.3. The first-order valence-electron chi connectivity index (χ1n) is 11.7. The normalized spacial score (nSPS) is 25.4. The lowest BCUT2D eigenvalue weighted by molar-refractivity contribution is 0.275. The van der Waals surface area contributed by atoms with Crippen LogP contribution in [0, 0.1) is 0 Å². The zero-order chi connectivity index (χ0) is 24.3. The topological polar surface area (TPSA) is 36.9 Å². The molecule has 0 heterocycles. The van der Waals surface area contributed by atoms with Crippen molar-refractivity contribution in [1.82, 2.24) is 0 Å². The van der Waals surface area contributed by atoms with E-state index in [-0.39, 0.29) is 11.1 Å². The van der Waals surface area contributed by atoms with Crippen LogP contribution in [0.25, 0.3) is 0 Å². The summed E-state index contributed by atoms with van der Waals surface area (Å²) in [6.07, 6.45) is 19.4. The third kappa shape index (κ3) is 8.13. The van der Waals surface area contributed by atoms with Gasteiger partial charge in [-0.05, 0) is 71.8 Å². The molecule has 0 bridgehead atoms. The van der Waals surface area contributed by atoms with Gasteiger partial charge in [-0.25, -0.2) is 0 Å². The number of hydrogen-bond acceptors (Lipinski definition) is 4. The van der Waals surface area contributed by atoms with E-state index in [9.17, 15) is 0 Å². The van der Waals surface area contributed by atoms with E-state index in [0.717, 1.165) is 12.8 Å². The molecular formula is C23H44O4Si5. The van der Waals surface area contributed by atoms with Gasteiger partial charge in [-0.2, -0.15) is 0 Å². The van der Waals surface area contributed by atoms with Gasteiger partial charge in [-0.3, -0.25) is 0 Å². The molecule has 0 spiro atoms. The van der Waals surface area contributed by atoms with Gasteiger partial charge in [-0.15, -0.1) is 6.58 Å². The molecule has 0 aromatic heterocycles. The molecule has 0 saturated heterocycles. The number of allylic oxidation sites excluding steroid dienone is 8. The molecule has 3 unspecified atom stereocenters. The van der Waals surface area contributed by atoms with Gasteiger partial charge >= 0.3 is 25.7 Å². The quantitative estimate of drug-likeness (QED) is 0.263. The molecule has 9 heteroatoms. The smallest absolute Gasteiger partial charge is 0.342 e. The number of hydrogen-bond donors (Lipinski definition) is 0. The zero-order valence-electron chi connectivity index (χ0n) is 21.6. The van der Waals surface area contributed by atoms with Crippen LogP contribution in [-0.2, 0) is 16.5 Å². The highest BCUT2D eigenvalue weighted by Crippen LogP contribution is 2.47. The van der Waals surface area contributed by atoms with Crippen molar-refractivity contribution in [1.29, 1.82) is 0 Å². The van der Waals surface area contributed by atoms with E-state index in [2.05, 4.69) is 114 Å². The molecule has 2 aliphatic rings. The molecular weight excluding hydrogens is 481 g/mol. The Morgan fingerprint density at radius 3 is 1.47 bits per heavy atom. The Hall–Kier alpha value is -0.376. The Kier molecular flexibility index (Phi) is 9.13. The predicted molar refractivity (Wildman–Crippen MR) is 149 cm³/mol. The van der Waals surface area contributed by atoms with Gasteiger partial charge in [0.25, 0.3) is 0 Å². The molecule has 0 saturated carbocycles. The minimum absolute atomic E-state index is 0.197. The standard InChI is InChI=1S/C23H44O4Si5/c1-11-31(10,25-29(5,6)7)27-32(22-18-14-12-15-19-22,23-20-16-13-17-21-23)26-30(8,9)24-28(2,3)4/h11-18,20,22-23H,1,19,21H2,2-10H3. The lowest BCUT2D eigenvalue weighted by Gasteiger charge is -2.50. The van der Waals surface area contributed by atoms with Gasteiger partial charge in [0.2, 0.25) is 0 Å².